The van der Waals surface area contributed by atoms with Crippen molar-refractivity contribution in [3.8, 4) is 5.75 Å². The van der Waals surface area contributed by atoms with E-state index in [2.05, 4.69) is 23.5 Å². The Morgan fingerprint density at radius 1 is 1.19 bits per heavy atom. The Morgan fingerprint density at radius 3 is 2.65 bits per heavy atom. The molecular formula is C23H27ClN2O4S. The maximum Gasteiger partial charge on any atom is 0.263 e. The number of rotatable bonds is 5. The molecule has 4 rings (SSSR count). The Hall–Kier alpha value is -2.25. The third-order valence-corrected chi connectivity index (χ3v) is 7.36. The first-order valence-electron chi connectivity index (χ1n) is 10.6. The van der Waals surface area contributed by atoms with Crippen molar-refractivity contribution in [3.05, 3.63) is 58.1 Å². The smallest absolute Gasteiger partial charge is 0.263 e. The number of carbonyl (C=O) groups excluding carboxylic acids is 1. The van der Waals surface area contributed by atoms with E-state index in [1.807, 2.05) is 6.92 Å². The summed E-state index contributed by atoms with van der Waals surface area (Å²) in [6.45, 7) is 1.92. The Kier molecular flexibility index (Phi) is 6.17. The summed E-state index contributed by atoms with van der Waals surface area (Å²) in [4.78, 5) is 13.1. The molecule has 8 heteroatoms. The predicted octanol–water partition coefficient (Wildman–Crippen LogP) is 4.01. The summed E-state index contributed by atoms with van der Waals surface area (Å²) in [7, 11) is -3.60. The number of nitrogens with one attached hydrogen (secondary N) is 1. The van der Waals surface area contributed by atoms with Gasteiger partial charge in [-0.15, -0.1) is 0 Å². The highest BCUT2D eigenvalue weighted by Crippen LogP contribution is 2.37. The van der Waals surface area contributed by atoms with Gasteiger partial charge in [0.1, 0.15) is 5.75 Å². The number of carbonyl (C=O) groups is 1. The fraction of sp³-hybridized carbons (Fsp3) is 0.435. The standard InChI is InChI=1S/C23H27ClN2O4S/c1-3-19(17-9-8-15-6-4-5-7-16(15)12-17)25-23(27)22-14-26(31(2,28)29)20-13-18(24)10-11-21(20)30-22/h8-13,19,22H,3-7,14H2,1-2H3,(H,25,27)/t19-,22-/m0/s1. The quantitative estimate of drug-likeness (QED) is 0.728. The zero-order chi connectivity index (χ0) is 22.2. The van der Waals surface area contributed by atoms with Crippen LogP contribution in [0, 0.1) is 0 Å². The van der Waals surface area contributed by atoms with Gasteiger partial charge in [0.15, 0.2) is 6.10 Å². The van der Waals surface area contributed by atoms with Crippen LogP contribution in [-0.2, 0) is 27.7 Å². The highest BCUT2D eigenvalue weighted by molar-refractivity contribution is 7.92. The molecule has 2 aliphatic rings. The van der Waals surface area contributed by atoms with E-state index in [0.29, 0.717) is 16.5 Å². The average Bonchev–Trinajstić information content (AvgIpc) is 2.75. The molecule has 2 atom stereocenters. The summed E-state index contributed by atoms with van der Waals surface area (Å²) in [6.07, 6.45) is 5.49. The van der Waals surface area contributed by atoms with Gasteiger partial charge in [0.05, 0.1) is 24.5 Å². The lowest BCUT2D eigenvalue weighted by Crippen LogP contribution is -2.51. The van der Waals surface area contributed by atoms with Crippen molar-refractivity contribution < 1.29 is 17.9 Å². The molecule has 1 aliphatic heterocycles. The van der Waals surface area contributed by atoms with E-state index in [1.54, 1.807) is 12.1 Å². The first-order valence-corrected chi connectivity index (χ1v) is 12.8. The third kappa shape index (κ3) is 4.67. The molecule has 0 bridgehead atoms. The van der Waals surface area contributed by atoms with Gasteiger partial charge >= 0.3 is 0 Å². The number of fused-ring (bicyclic) bond motifs is 2. The summed E-state index contributed by atoms with van der Waals surface area (Å²) in [5, 5.41) is 3.46. The number of sulfonamides is 1. The molecule has 166 valence electrons. The van der Waals surface area contributed by atoms with E-state index in [4.69, 9.17) is 16.3 Å². The summed E-state index contributed by atoms with van der Waals surface area (Å²) < 4.78 is 31.8. The van der Waals surface area contributed by atoms with Crippen LogP contribution >= 0.6 is 11.6 Å². The fourth-order valence-corrected chi connectivity index (χ4v) is 5.40. The van der Waals surface area contributed by atoms with E-state index in [-0.39, 0.29) is 18.5 Å². The van der Waals surface area contributed by atoms with Crippen LogP contribution in [0.5, 0.6) is 5.75 Å². The third-order valence-electron chi connectivity index (χ3n) is 5.98. The molecule has 0 saturated carbocycles. The minimum Gasteiger partial charge on any atom is -0.476 e. The molecule has 6 nitrogen and oxygen atoms in total. The molecule has 1 amide bonds. The summed E-state index contributed by atoms with van der Waals surface area (Å²) in [5.74, 6) is -0.0122. The van der Waals surface area contributed by atoms with E-state index in [9.17, 15) is 13.2 Å². The fourth-order valence-electron chi connectivity index (χ4n) is 4.33. The maximum atomic E-state index is 13.1. The van der Waals surface area contributed by atoms with Gasteiger partial charge in [-0.3, -0.25) is 9.10 Å². The number of aryl methyl sites for hydroxylation is 2. The molecule has 1 N–H and O–H groups in total. The molecule has 0 fully saturated rings. The topological polar surface area (TPSA) is 75.7 Å². The van der Waals surface area contributed by atoms with Crippen molar-refractivity contribution in [3.63, 3.8) is 0 Å². The van der Waals surface area contributed by atoms with E-state index in [1.165, 1.54) is 34.3 Å². The lowest BCUT2D eigenvalue weighted by molar-refractivity contribution is -0.128. The van der Waals surface area contributed by atoms with Crippen molar-refractivity contribution in [2.45, 2.75) is 51.2 Å². The van der Waals surface area contributed by atoms with E-state index in [0.717, 1.165) is 31.1 Å². The largest absolute Gasteiger partial charge is 0.476 e. The van der Waals surface area contributed by atoms with Crippen LogP contribution in [0.4, 0.5) is 5.69 Å². The van der Waals surface area contributed by atoms with Gasteiger partial charge in [-0.05, 0) is 67.0 Å². The van der Waals surface area contributed by atoms with Gasteiger partial charge < -0.3 is 10.1 Å². The first kappa shape index (κ1) is 22.0. The monoisotopic (exact) mass is 462 g/mol. The number of hydrogen-bond donors (Lipinski definition) is 1. The Bertz CT molecular complexity index is 1100. The highest BCUT2D eigenvalue weighted by Gasteiger charge is 2.36. The van der Waals surface area contributed by atoms with Crippen molar-refractivity contribution in [1.29, 1.82) is 0 Å². The molecule has 0 saturated heterocycles. The van der Waals surface area contributed by atoms with Crippen molar-refractivity contribution in [1.82, 2.24) is 5.32 Å². The van der Waals surface area contributed by atoms with Gasteiger partial charge in [0.25, 0.3) is 5.91 Å². The second-order valence-electron chi connectivity index (χ2n) is 8.22. The van der Waals surface area contributed by atoms with Crippen molar-refractivity contribution in [2.75, 3.05) is 17.1 Å². The van der Waals surface area contributed by atoms with Gasteiger partial charge in [-0.2, -0.15) is 0 Å². The molecule has 0 aromatic heterocycles. The second kappa shape index (κ2) is 8.71. The van der Waals surface area contributed by atoms with Crippen LogP contribution in [-0.4, -0.2) is 33.2 Å². The SMILES string of the molecule is CC[C@H](NC(=O)[C@@H]1CN(S(C)(=O)=O)c2cc(Cl)ccc2O1)c1ccc2c(c1)CCCC2. The maximum absolute atomic E-state index is 13.1. The highest BCUT2D eigenvalue weighted by atomic mass is 35.5. The van der Waals surface area contributed by atoms with Crippen LogP contribution < -0.4 is 14.4 Å². The van der Waals surface area contributed by atoms with Crippen LogP contribution in [0.15, 0.2) is 36.4 Å². The van der Waals surface area contributed by atoms with Crippen molar-refractivity contribution >= 4 is 33.2 Å². The Balaban J connectivity index is 1.55. The lowest BCUT2D eigenvalue weighted by atomic mass is 9.88. The first-order chi connectivity index (χ1) is 14.8. The normalized spacial score (nSPS) is 19.1. The lowest BCUT2D eigenvalue weighted by Gasteiger charge is -2.34. The summed E-state index contributed by atoms with van der Waals surface area (Å²) in [5.41, 5.74) is 4.17. The van der Waals surface area contributed by atoms with Crippen LogP contribution in [0.2, 0.25) is 5.02 Å². The minimum absolute atomic E-state index is 0.0986. The van der Waals surface area contributed by atoms with Gasteiger partial charge in [0, 0.05) is 5.02 Å². The number of amides is 1. The molecule has 0 spiro atoms. The van der Waals surface area contributed by atoms with Crippen LogP contribution in [0.25, 0.3) is 0 Å². The molecule has 1 aliphatic carbocycles. The van der Waals surface area contributed by atoms with Gasteiger partial charge in [-0.1, -0.05) is 36.7 Å². The minimum atomic E-state index is -3.60. The molecule has 31 heavy (non-hydrogen) atoms. The van der Waals surface area contributed by atoms with Gasteiger partial charge in [0.2, 0.25) is 10.0 Å². The average molecular weight is 463 g/mol. The van der Waals surface area contributed by atoms with E-state index >= 15 is 0 Å². The number of ether oxygens (including phenoxy) is 1. The molecular weight excluding hydrogens is 436 g/mol. The van der Waals surface area contributed by atoms with Crippen molar-refractivity contribution in [2.24, 2.45) is 0 Å². The summed E-state index contributed by atoms with van der Waals surface area (Å²) >= 11 is 6.04. The molecule has 0 unspecified atom stereocenters. The number of benzene rings is 2. The predicted molar refractivity (Wildman–Crippen MR) is 122 cm³/mol. The Morgan fingerprint density at radius 2 is 1.94 bits per heavy atom. The molecule has 1 heterocycles. The second-order valence-corrected chi connectivity index (χ2v) is 10.6. The molecule has 2 aromatic carbocycles. The number of nitrogens with zero attached hydrogens (tertiary/aromatic N) is 1. The number of halogens is 1. The summed E-state index contributed by atoms with van der Waals surface area (Å²) in [6, 6.07) is 11.0. The zero-order valence-electron chi connectivity index (χ0n) is 17.7. The van der Waals surface area contributed by atoms with E-state index < -0.39 is 16.1 Å². The number of anilines is 1. The molecule has 2 aromatic rings. The van der Waals surface area contributed by atoms with Gasteiger partial charge in [-0.25, -0.2) is 8.42 Å². The Labute approximate surface area is 188 Å². The number of hydrogen-bond acceptors (Lipinski definition) is 4. The van der Waals surface area contributed by atoms with Crippen LogP contribution in [0.1, 0.15) is 48.9 Å². The zero-order valence-corrected chi connectivity index (χ0v) is 19.3. The van der Waals surface area contributed by atoms with Crippen LogP contribution in [0.3, 0.4) is 0 Å². The molecule has 0 radical (unpaired) electrons.